The van der Waals surface area contributed by atoms with E-state index in [2.05, 4.69) is 30.6 Å². The van der Waals surface area contributed by atoms with Crippen LogP contribution in [0, 0.1) is 0 Å². The number of carbonyl (C=O) groups excluding carboxylic acids is 1. The molecule has 0 aliphatic carbocycles. The van der Waals surface area contributed by atoms with Gasteiger partial charge in [-0.1, -0.05) is 5.21 Å². The van der Waals surface area contributed by atoms with Gasteiger partial charge in [0.1, 0.15) is 0 Å². The van der Waals surface area contributed by atoms with Crippen molar-refractivity contribution < 1.29 is 9.42 Å². The van der Waals surface area contributed by atoms with Gasteiger partial charge in [-0.05, 0) is 10.3 Å². The zero-order chi connectivity index (χ0) is 11.4. The van der Waals surface area contributed by atoms with E-state index < -0.39 is 5.91 Å². The molecule has 0 aliphatic rings. The fraction of sp³-hybridized carbons (Fsp3) is 0.286. The average molecular weight is 223 g/mol. The summed E-state index contributed by atoms with van der Waals surface area (Å²) in [6.45, 7) is 0.894. The van der Waals surface area contributed by atoms with E-state index in [9.17, 15) is 4.79 Å². The summed E-state index contributed by atoms with van der Waals surface area (Å²) >= 11 is 0. The Balaban J connectivity index is 1.83. The molecule has 2 aromatic heterocycles. The molecule has 0 spiro atoms. The zero-order valence-corrected chi connectivity index (χ0v) is 8.20. The first-order valence-electron chi connectivity index (χ1n) is 4.47. The molecule has 0 fully saturated rings. The first-order valence-corrected chi connectivity index (χ1v) is 4.47. The van der Waals surface area contributed by atoms with E-state index in [-0.39, 0.29) is 11.5 Å². The van der Waals surface area contributed by atoms with Gasteiger partial charge in [0.05, 0.1) is 12.7 Å². The third-order valence-electron chi connectivity index (χ3n) is 1.83. The van der Waals surface area contributed by atoms with E-state index in [1.165, 1.54) is 0 Å². The van der Waals surface area contributed by atoms with E-state index in [4.69, 9.17) is 5.73 Å². The summed E-state index contributed by atoms with van der Waals surface area (Å²) < 4.78 is 5.89. The van der Waals surface area contributed by atoms with Gasteiger partial charge >= 0.3 is 0 Å². The molecule has 1 amide bonds. The van der Waals surface area contributed by atoms with E-state index >= 15 is 0 Å². The molecule has 0 saturated carbocycles. The fourth-order valence-electron chi connectivity index (χ4n) is 1.07. The number of nitrogens with zero attached hydrogens (tertiary/aromatic N) is 5. The number of carbonyl (C=O) groups is 1. The van der Waals surface area contributed by atoms with Gasteiger partial charge in [0.2, 0.25) is 11.5 Å². The lowest BCUT2D eigenvalue weighted by Crippen LogP contribution is -2.28. The van der Waals surface area contributed by atoms with Crippen LogP contribution in [0.5, 0.6) is 0 Å². The standard InChI is InChI=1S/C7H9N7O2/c8-6-5(11-16-12-6)7(15)9-1-3-14-4-2-10-13-14/h2,4H,1,3H2,(H2,8,12)(H,9,15). The van der Waals surface area contributed by atoms with Crippen LogP contribution in [0.2, 0.25) is 0 Å². The second-order valence-electron chi connectivity index (χ2n) is 2.92. The van der Waals surface area contributed by atoms with Crippen LogP contribution in [-0.4, -0.2) is 37.8 Å². The fourth-order valence-corrected chi connectivity index (χ4v) is 1.07. The zero-order valence-electron chi connectivity index (χ0n) is 8.20. The Morgan fingerprint density at radius 2 is 2.44 bits per heavy atom. The van der Waals surface area contributed by atoms with Crippen molar-refractivity contribution >= 4 is 11.7 Å². The molecule has 3 N–H and O–H groups in total. The molecule has 0 saturated heterocycles. The molecule has 0 radical (unpaired) electrons. The van der Waals surface area contributed by atoms with Crippen molar-refractivity contribution in [2.24, 2.45) is 0 Å². The number of amides is 1. The number of hydrogen-bond donors (Lipinski definition) is 2. The van der Waals surface area contributed by atoms with Crippen molar-refractivity contribution in [3.05, 3.63) is 18.1 Å². The van der Waals surface area contributed by atoms with Crippen molar-refractivity contribution in [2.75, 3.05) is 12.3 Å². The molecule has 9 heteroatoms. The Morgan fingerprint density at radius 3 is 3.06 bits per heavy atom. The van der Waals surface area contributed by atoms with Gasteiger partial charge < -0.3 is 11.1 Å². The summed E-state index contributed by atoms with van der Waals surface area (Å²) in [4.78, 5) is 11.5. The van der Waals surface area contributed by atoms with Gasteiger partial charge in [0, 0.05) is 12.7 Å². The minimum Gasteiger partial charge on any atom is -0.379 e. The summed E-state index contributed by atoms with van der Waals surface area (Å²) in [7, 11) is 0. The van der Waals surface area contributed by atoms with Gasteiger partial charge in [-0.3, -0.25) is 9.48 Å². The lowest BCUT2D eigenvalue weighted by Gasteiger charge is -2.02. The summed E-state index contributed by atoms with van der Waals surface area (Å²) in [6.07, 6.45) is 3.25. The van der Waals surface area contributed by atoms with Gasteiger partial charge in [-0.2, -0.15) is 0 Å². The monoisotopic (exact) mass is 223 g/mol. The number of nitrogen functional groups attached to an aromatic ring is 1. The highest BCUT2D eigenvalue weighted by Gasteiger charge is 2.14. The van der Waals surface area contributed by atoms with Crippen molar-refractivity contribution in [1.82, 2.24) is 30.6 Å². The lowest BCUT2D eigenvalue weighted by molar-refractivity contribution is 0.0942. The summed E-state index contributed by atoms with van der Waals surface area (Å²) in [5.41, 5.74) is 5.34. The smallest absolute Gasteiger partial charge is 0.277 e. The summed E-state index contributed by atoms with van der Waals surface area (Å²) in [5.74, 6) is -0.461. The maximum Gasteiger partial charge on any atom is 0.277 e. The second-order valence-corrected chi connectivity index (χ2v) is 2.92. The number of aromatic nitrogens is 5. The SMILES string of the molecule is Nc1nonc1C(=O)NCCn1ccnn1. The Kier molecular flexibility index (Phi) is 2.76. The molecule has 0 atom stereocenters. The third-order valence-corrected chi connectivity index (χ3v) is 1.83. The van der Waals surface area contributed by atoms with E-state index in [0.717, 1.165) is 0 Å². The predicted octanol–water partition coefficient (Wildman–Crippen LogP) is -1.33. The maximum absolute atomic E-state index is 11.5. The number of anilines is 1. The summed E-state index contributed by atoms with van der Waals surface area (Å²) in [6, 6.07) is 0. The Hall–Kier alpha value is -2.45. The van der Waals surface area contributed by atoms with Gasteiger partial charge in [0.15, 0.2) is 0 Å². The maximum atomic E-state index is 11.5. The number of rotatable bonds is 4. The van der Waals surface area contributed by atoms with Crippen LogP contribution >= 0.6 is 0 Å². The van der Waals surface area contributed by atoms with Crippen molar-refractivity contribution in [3.63, 3.8) is 0 Å². The highest BCUT2D eigenvalue weighted by Crippen LogP contribution is 2.02. The topological polar surface area (TPSA) is 125 Å². The third kappa shape index (κ3) is 2.13. The molecule has 9 nitrogen and oxygen atoms in total. The Labute approximate surface area is 89.6 Å². The van der Waals surface area contributed by atoms with Crippen LogP contribution in [-0.2, 0) is 6.54 Å². The van der Waals surface area contributed by atoms with E-state index in [1.807, 2.05) is 0 Å². The molecule has 0 aromatic carbocycles. The number of nitrogens with two attached hydrogens (primary N) is 1. The average Bonchev–Trinajstić information content (AvgIpc) is 2.88. The summed E-state index contributed by atoms with van der Waals surface area (Å²) in [5, 5.41) is 16.6. The Morgan fingerprint density at radius 1 is 1.56 bits per heavy atom. The van der Waals surface area contributed by atoms with Crippen LogP contribution in [0.1, 0.15) is 10.5 Å². The molecule has 0 aliphatic heterocycles. The van der Waals surface area contributed by atoms with Crippen LogP contribution in [0.15, 0.2) is 17.0 Å². The van der Waals surface area contributed by atoms with Gasteiger partial charge in [-0.25, -0.2) is 4.63 Å². The molecule has 2 heterocycles. The van der Waals surface area contributed by atoms with Crippen LogP contribution in [0.25, 0.3) is 0 Å². The minimum absolute atomic E-state index is 0.0152. The predicted molar refractivity (Wildman–Crippen MR) is 51.1 cm³/mol. The van der Waals surface area contributed by atoms with Crippen molar-refractivity contribution in [1.29, 1.82) is 0 Å². The quantitative estimate of drug-likeness (QED) is 0.657. The highest BCUT2D eigenvalue weighted by molar-refractivity contribution is 5.95. The van der Waals surface area contributed by atoms with E-state index in [0.29, 0.717) is 13.1 Å². The van der Waals surface area contributed by atoms with Crippen molar-refractivity contribution in [2.45, 2.75) is 6.54 Å². The largest absolute Gasteiger partial charge is 0.379 e. The molecule has 2 aromatic rings. The highest BCUT2D eigenvalue weighted by atomic mass is 16.6. The molecule has 0 bridgehead atoms. The minimum atomic E-state index is -0.432. The first-order chi connectivity index (χ1) is 7.77. The number of nitrogens with one attached hydrogen (secondary N) is 1. The normalized spacial score (nSPS) is 10.2. The van der Waals surface area contributed by atoms with Crippen LogP contribution in [0.3, 0.4) is 0 Å². The molecule has 0 unspecified atom stereocenters. The van der Waals surface area contributed by atoms with Crippen LogP contribution in [0.4, 0.5) is 5.82 Å². The van der Waals surface area contributed by atoms with Crippen molar-refractivity contribution in [3.8, 4) is 0 Å². The lowest BCUT2D eigenvalue weighted by atomic mass is 10.4. The van der Waals surface area contributed by atoms with Gasteiger partial charge in [-0.15, -0.1) is 5.10 Å². The Bertz CT molecular complexity index is 463. The second kappa shape index (κ2) is 4.38. The van der Waals surface area contributed by atoms with Crippen LogP contribution < -0.4 is 11.1 Å². The molecular formula is C7H9N7O2. The molecule has 2 rings (SSSR count). The first kappa shape index (κ1) is 10.1. The number of hydrogen-bond acceptors (Lipinski definition) is 7. The molecule has 84 valence electrons. The van der Waals surface area contributed by atoms with Gasteiger partial charge in [0.25, 0.3) is 5.91 Å². The van der Waals surface area contributed by atoms with E-state index in [1.54, 1.807) is 17.1 Å². The molecule has 16 heavy (non-hydrogen) atoms. The molecular weight excluding hydrogens is 214 g/mol.